The first-order valence-corrected chi connectivity index (χ1v) is 12.8. The number of hydrogen-bond donors (Lipinski definition) is 1. The number of nitrogens with one attached hydrogen (secondary N) is 1. The topological polar surface area (TPSA) is 71.4 Å². The van der Waals surface area contributed by atoms with Crippen LogP contribution in [0.25, 0.3) is 10.9 Å². The maximum absolute atomic E-state index is 13.2. The van der Waals surface area contributed by atoms with Crippen molar-refractivity contribution in [2.24, 2.45) is 5.92 Å². The maximum Gasteiger partial charge on any atom is 0.243 e. The summed E-state index contributed by atoms with van der Waals surface area (Å²) < 4.78 is 30.0. The molecular formula is C23H33N3O3S. The lowest BCUT2D eigenvalue weighted by Gasteiger charge is -2.31. The number of benzene rings is 1. The van der Waals surface area contributed by atoms with E-state index in [9.17, 15) is 13.2 Å². The number of amides is 1. The summed E-state index contributed by atoms with van der Waals surface area (Å²) in [6, 6.07) is 7.61. The number of rotatable bonds is 5. The molecule has 2 aromatic rings. The molecule has 6 nitrogen and oxygen atoms in total. The fraction of sp³-hybridized carbons (Fsp3) is 0.609. The third kappa shape index (κ3) is 4.42. The van der Waals surface area contributed by atoms with E-state index in [-0.39, 0.29) is 11.8 Å². The Balaban J connectivity index is 1.38. The van der Waals surface area contributed by atoms with Gasteiger partial charge in [0, 0.05) is 48.7 Å². The third-order valence-corrected chi connectivity index (χ3v) is 8.64. The highest BCUT2D eigenvalue weighted by atomic mass is 32.2. The van der Waals surface area contributed by atoms with E-state index in [0.29, 0.717) is 36.9 Å². The van der Waals surface area contributed by atoms with Crippen molar-refractivity contribution in [2.75, 3.05) is 13.1 Å². The summed E-state index contributed by atoms with van der Waals surface area (Å²) in [6.07, 6.45) is 10.2. The normalized spacial score (nSPS) is 20.3. The number of carbonyl (C=O) groups is 1. The van der Waals surface area contributed by atoms with Gasteiger partial charge in [-0.25, -0.2) is 8.42 Å². The molecule has 2 fully saturated rings. The molecule has 1 aromatic carbocycles. The van der Waals surface area contributed by atoms with Crippen LogP contribution in [0.3, 0.4) is 0 Å². The number of fused-ring (bicyclic) bond motifs is 1. The molecule has 0 unspecified atom stereocenters. The van der Waals surface area contributed by atoms with E-state index < -0.39 is 10.0 Å². The van der Waals surface area contributed by atoms with E-state index in [4.69, 9.17) is 0 Å². The van der Waals surface area contributed by atoms with Crippen LogP contribution >= 0.6 is 0 Å². The lowest BCUT2D eigenvalue weighted by molar-refractivity contribution is -0.126. The zero-order chi connectivity index (χ0) is 21.1. The van der Waals surface area contributed by atoms with Gasteiger partial charge in [-0.1, -0.05) is 25.7 Å². The van der Waals surface area contributed by atoms with Crippen LogP contribution in [0, 0.1) is 5.92 Å². The third-order valence-electron chi connectivity index (χ3n) is 6.75. The molecule has 1 amide bonds. The molecule has 164 valence electrons. The molecule has 0 atom stereocenters. The predicted octanol–water partition coefficient (Wildman–Crippen LogP) is 3.90. The summed E-state index contributed by atoms with van der Waals surface area (Å²) in [5.74, 6) is 0.0297. The van der Waals surface area contributed by atoms with Crippen LogP contribution in [0.15, 0.2) is 35.4 Å². The highest BCUT2D eigenvalue weighted by Crippen LogP contribution is 2.27. The van der Waals surface area contributed by atoms with Crippen molar-refractivity contribution in [2.45, 2.75) is 75.8 Å². The van der Waals surface area contributed by atoms with Crippen LogP contribution in [0.5, 0.6) is 0 Å². The van der Waals surface area contributed by atoms with E-state index in [1.165, 1.54) is 25.7 Å². The van der Waals surface area contributed by atoms with Crippen LogP contribution in [0.1, 0.15) is 58.3 Å². The second-order valence-electron chi connectivity index (χ2n) is 8.70. The molecule has 0 spiro atoms. The van der Waals surface area contributed by atoms with Crippen molar-refractivity contribution in [3.8, 4) is 0 Å². The van der Waals surface area contributed by atoms with E-state index >= 15 is 0 Å². The van der Waals surface area contributed by atoms with Crippen LogP contribution in [-0.4, -0.2) is 42.3 Å². The van der Waals surface area contributed by atoms with Gasteiger partial charge in [-0.05, 0) is 56.9 Å². The maximum atomic E-state index is 13.2. The lowest BCUT2D eigenvalue weighted by atomic mass is 9.96. The molecule has 30 heavy (non-hydrogen) atoms. The number of nitrogens with zero attached hydrogens (tertiary/aromatic N) is 2. The number of sulfonamides is 1. The van der Waals surface area contributed by atoms with Gasteiger partial charge in [0.1, 0.15) is 0 Å². The van der Waals surface area contributed by atoms with Gasteiger partial charge in [0.2, 0.25) is 15.9 Å². The SMILES string of the molecule is CCn1ccc2cc(S(=O)(=O)N3CCC(C(=O)NC4CCCCCC4)CC3)ccc21. The summed E-state index contributed by atoms with van der Waals surface area (Å²) in [5, 5.41) is 4.17. The number of carbonyl (C=O) groups excluding carboxylic acids is 1. The first kappa shape index (κ1) is 21.4. The lowest BCUT2D eigenvalue weighted by Crippen LogP contribution is -2.45. The number of aromatic nitrogens is 1. The van der Waals surface area contributed by atoms with Gasteiger partial charge in [-0.2, -0.15) is 4.31 Å². The standard InChI is InChI=1S/C23H33N3O3S/c1-2-25-14-11-19-17-21(9-10-22(19)25)30(28,29)26-15-12-18(13-16-26)23(27)24-20-7-5-3-4-6-8-20/h9-11,14,17-18,20H,2-8,12-13,15-16H2,1H3,(H,24,27). The Labute approximate surface area is 179 Å². The molecule has 1 aromatic heterocycles. The molecule has 0 bridgehead atoms. The fourth-order valence-corrected chi connectivity index (χ4v) is 6.37. The van der Waals surface area contributed by atoms with E-state index in [1.54, 1.807) is 16.4 Å². The van der Waals surface area contributed by atoms with Crippen LogP contribution in [0.2, 0.25) is 0 Å². The molecule has 1 saturated carbocycles. The van der Waals surface area contributed by atoms with Crippen LogP contribution < -0.4 is 5.32 Å². The van der Waals surface area contributed by atoms with Crippen LogP contribution in [0.4, 0.5) is 0 Å². The zero-order valence-electron chi connectivity index (χ0n) is 17.8. The first-order chi connectivity index (χ1) is 14.5. The van der Waals surface area contributed by atoms with Crippen molar-refractivity contribution < 1.29 is 13.2 Å². The second kappa shape index (κ2) is 9.10. The summed E-state index contributed by atoms with van der Waals surface area (Å²) in [4.78, 5) is 13.0. The molecule has 1 saturated heterocycles. The Morgan fingerprint density at radius 3 is 2.40 bits per heavy atom. The van der Waals surface area contributed by atoms with E-state index in [1.807, 2.05) is 18.3 Å². The Morgan fingerprint density at radius 2 is 1.73 bits per heavy atom. The second-order valence-corrected chi connectivity index (χ2v) is 10.6. The number of hydrogen-bond acceptors (Lipinski definition) is 3. The van der Waals surface area contributed by atoms with Gasteiger partial charge in [0.25, 0.3) is 0 Å². The molecule has 1 N–H and O–H groups in total. The molecule has 7 heteroatoms. The van der Waals surface area contributed by atoms with E-state index in [0.717, 1.165) is 30.3 Å². The smallest absolute Gasteiger partial charge is 0.243 e. The number of piperidine rings is 1. The van der Waals surface area contributed by atoms with Crippen molar-refractivity contribution in [3.05, 3.63) is 30.5 Å². The summed E-state index contributed by atoms with van der Waals surface area (Å²) in [7, 11) is -3.54. The minimum absolute atomic E-state index is 0.0826. The molecule has 0 radical (unpaired) electrons. The Hall–Kier alpha value is -1.86. The molecule has 1 aliphatic heterocycles. The summed E-state index contributed by atoms with van der Waals surface area (Å²) in [6.45, 7) is 3.73. The Bertz CT molecular complexity index is 982. The average molecular weight is 432 g/mol. The minimum Gasteiger partial charge on any atom is -0.353 e. The quantitative estimate of drug-likeness (QED) is 0.730. The highest BCUT2D eigenvalue weighted by Gasteiger charge is 2.33. The molecular weight excluding hydrogens is 398 g/mol. The Kier molecular flexibility index (Phi) is 6.48. The molecule has 4 rings (SSSR count). The summed E-state index contributed by atoms with van der Waals surface area (Å²) >= 11 is 0. The average Bonchev–Trinajstić information content (AvgIpc) is 3.00. The van der Waals surface area contributed by atoms with Gasteiger partial charge in [-0.3, -0.25) is 4.79 Å². The molecule has 2 heterocycles. The van der Waals surface area contributed by atoms with Crippen molar-refractivity contribution in [1.82, 2.24) is 14.2 Å². The van der Waals surface area contributed by atoms with Gasteiger partial charge >= 0.3 is 0 Å². The van der Waals surface area contributed by atoms with Gasteiger partial charge < -0.3 is 9.88 Å². The van der Waals surface area contributed by atoms with Gasteiger partial charge in [0.05, 0.1) is 4.90 Å². The van der Waals surface area contributed by atoms with Crippen LogP contribution in [-0.2, 0) is 21.4 Å². The van der Waals surface area contributed by atoms with Gasteiger partial charge in [-0.15, -0.1) is 0 Å². The van der Waals surface area contributed by atoms with Crippen molar-refractivity contribution >= 4 is 26.8 Å². The predicted molar refractivity (Wildman–Crippen MR) is 119 cm³/mol. The fourth-order valence-electron chi connectivity index (χ4n) is 4.86. The molecule has 1 aliphatic carbocycles. The van der Waals surface area contributed by atoms with Crippen molar-refractivity contribution in [1.29, 1.82) is 0 Å². The Morgan fingerprint density at radius 1 is 1.03 bits per heavy atom. The monoisotopic (exact) mass is 431 g/mol. The minimum atomic E-state index is -3.54. The van der Waals surface area contributed by atoms with E-state index in [2.05, 4.69) is 16.8 Å². The summed E-state index contributed by atoms with van der Waals surface area (Å²) in [5.41, 5.74) is 1.05. The highest BCUT2D eigenvalue weighted by molar-refractivity contribution is 7.89. The van der Waals surface area contributed by atoms with Crippen molar-refractivity contribution in [3.63, 3.8) is 0 Å². The molecule has 2 aliphatic rings. The zero-order valence-corrected chi connectivity index (χ0v) is 18.7. The largest absolute Gasteiger partial charge is 0.353 e. The van der Waals surface area contributed by atoms with Gasteiger partial charge in [0.15, 0.2) is 0 Å². The first-order valence-electron chi connectivity index (χ1n) is 11.4. The number of aryl methyl sites for hydroxylation is 1.